The van der Waals surface area contributed by atoms with Gasteiger partial charge < -0.3 is 14.2 Å². The van der Waals surface area contributed by atoms with Crippen LogP contribution in [-0.4, -0.2) is 25.2 Å². The Hall–Kier alpha value is -2.82. The Balaban J connectivity index is 2.07. The molecule has 0 bridgehead atoms. The summed E-state index contributed by atoms with van der Waals surface area (Å²) in [6.45, 7) is 7.16. The second-order valence-corrected chi connectivity index (χ2v) is 8.14. The number of carbonyl (C=O) groups is 2. The molecule has 0 heterocycles. The predicted octanol–water partition coefficient (Wildman–Crippen LogP) is 6.85. The van der Waals surface area contributed by atoms with E-state index in [2.05, 4.69) is 6.92 Å². The van der Waals surface area contributed by atoms with E-state index in [4.69, 9.17) is 14.2 Å². The standard InChI is InChI=1S/C27H36O5/c1-4-6-7-8-9-13-18-30-23-16-17-24(27(29)31-20-21(3)5-2)25(19-23)32-26(28)22-14-11-10-12-15-22/h10-12,14-17,19,21H,4-9,13,18,20H2,1-3H3. The third kappa shape index (κ3) is 8.74. The molecule has 174 valence electrons. The van der Waals surface area contributed by atoms with Crippen molar-refractivity contribution in [2.45, 2.75) is 65.7 Å². The molecule has 0 saturated carbocycles. The van der Waals surface area contributed by atoms with Gasteiger partial charge in [0.05, 0.1) is 18.8 Å². The summed E-state index contributed by atoms with van der Waals surface area (Å²) in [6.07, 6.45) is 7.95. The van der Waals surface area contributed by atoms with Crippen molar-refractivity contribution in [3.63, 3.8) is 0 Å². The first-order valence-corrected chi connectivity index (χ1v) is 11.8. The summed E-state index contributed by atoms with van der Waals surface area (Å²) in [6, 6.07) is 13.6. The molecule has 5 heteroatoms. The van der Waals surface area contributed by atoms with Gasteiger partial charge in [0.15, 0.2) is 0 Å². The molecular formula is C27H36O5. The summed E-state index contributed by atoms with van der Waals surface area (Å²) in [7, 11) is 0. The lowest BCUT2D eigenvalue weighted by molar-refractivity contribution is 0.0442. The first kappa shape index (κ1) is 25.4. The first-order valence-electron chi connectivity index (χ1n) is 11.8. The zero-order chi connectivity index (χ0) is 23.2. The Labute approximate surface area is 192 Å². The minimum atomic E-state index is -0.533. The van der Waals surface area contributed by atoms with Gasteiger partial charge in [-0.25, -0.2) is 9.59 Å². The van der Waals surface area contributed by atoms with Crippen LogP contribution < -0.4 is 9.47 Å². The number of hydrogen-bond donors (Lipinski definition) is 0. The van der Waals surface area contributed by atoms with Crippen molar-refractivity contribution in [2.75, 3.05) is 13.2 Å². The zero-order valence-electron chi connectivity index (χ0n) is 19.6. The third-order valence-electron chi connectivity index (χ3n) is 5.35. The van der Waals surface area contributed by atoms with Gasteiger partial charge >= 0.3 is 11.9 Å². The van der Waals surface area contributed by atoms with Gasteiger partial charge in [0.2, 0.25) is 0 Å². The minimum absolute atomic E-state index is 0.147. The molecule has 0 aliphatic heterocycles. The fourth-order valence-electron chi connectivity index (χ4n) is 3.06. The van der Waals surface area contributed by atoms with E-state index >= 15 is 0 Å². The van der Waals surface area contributed by atoms with Gasteiger partial charge in [-0.2, -0.15) is 0 Å². The molecule has 0 amide bonds. The van der Waals surface area contributed by atoms with E-state index in [-0.39, 0.29) is 17.2 Å². The second-order valence-electron chi connectivity index (χ2n) is 8.14. The van der Waals surface area contributed by atoms with Crippen LogP contribution in [0.5, 0.6) is 11.5 Å². The maximum Gasteiger partial charge on any atom is 0.343 e. The lowest BCUT2D eigenvalue weighted by Crippen LogP contribution is -2.15. The normalized spacial score (nSPS) is 11.6. The molecule has 0 N–H and O–H groups in total. The largest absolute Gasteiger partial charge is 0.493 e. The summed E-state index contributed by atoms with van der Waals surface area (Å²) in [5.74, 6) is -0.0752. The predicted molar refractivity (Wildman–Crippen MR) is 126 cm³/mol. The minimum Gasteiger partial charge on any atom is -0.493 e. The van der Waals surface area contributed by atoms with Crippen molar-refractivity contribution in [3.05, 3.63) is 59.7 Å². The maximum atomic E-state index is 12.6. The van der Waals surface area contributed by atoms with Crippen molar-refractivity contribution in [1.82, 2.24) is 0 Å². The van der Waals surface area contributed by atoms with Gasteiger partial charge in [-0.15, -0.1) is 0 Å². The van der Waals surface area contributed by atoms with E-state index in [1.165, 1.54) is 25.7 Å². The molecule has 0 aliphatic carbocycles. The lowest BCUT2D eigenvalue weighted by Gasteiger charge is -2.14. The zero-order valence-corrected chi connectivity index (χ0v) is 19.6. The maximum absolute atomic E-state index is 12.6. The fourth-order valence-corrected chi connectivity index (χ4v) is 3.06. The molecule has 0 aromatic heterocycles. The van der Waals surface area contributed by atoms with Crippen LogP contribution in [0, 0.1) is 5.92 Å². The number of ether oxygens (including phenoxy) is 3. The number of benzene rings is 2. The van der Waals surface area contributed by atoms with Crippen LogP contribution in [0.15, 0.2) is 48.5 Å². The van der Waals surface area contributed by atoms with Crippen LogP contribution in [0.25, 0.3) is 0 Å². The number of hydrogen-bond acceptors (Lipinski definition) is 5. The Kier molecular flexibility index (Phi) is 11.4. The van der Waals surface area contributed by atoms with Crippen LogP contribution >= 0.6 is 0 Å². The summed E-state index contributed by atoms with van der Waals surface area (Å²) in [5.41, 5.74) is 0.620. The summed E-state index contributed by atoms with van der Waals surface area (Å²) < 4.78 is 16.8. The Bertz CT molecular complexity index is 831. The fraction of sp³-hybridized carbons (Fsp3) is 0.481. The number of esters is 2. The molecule has 2 aromatic rings. The average Bonchev–Trinajstić information content (AvgIpc) is 2.82. The van der Waals surface area contributed by atoms with E-state index < -0.39 is 11.9 Å². The van der Waals surface area contributed by atoms with Gasteiger partial charge in [0.1, 0.15) is 17.1 Å². The van der Waals surface area contributed by atoms with Crippen LogP contribution in [0.2, 0.25) is 0 Å². The highest BCUT2D eigenvalue weighted by Gasteiger charge is 2.19. The highest BCUT2D eigenvalue weighted by atomic mass is 16.5. The van der Waals surface area contributed by atoms with E-state index in [1.807, 2.05) is 19.9 Å². The molecule has 0 saturated heterocycles. The number of unbranched alkanes of at least 4 members (excludes halogenated alkanes) is 5. The van der Waals surface area contributed by atoms with Gasteiger partial charge in [-0.3, -0.25) is 0 Å². The highest BCUT2D eigenvalue weighted by Crippen LogP contribution is 2.27. The Morgan fingerprint density at radius 1 is 0.875 bits per heavy atom. The summed E-state index contributed by atoms with van der Waals surface area (Å²) >= 11 is 0. The highest BCUT2D eigenvalue weighted by molar-refractivity contribution is 5.96. The van der Waals surface area contributed by atoms with Gasteiger partial charge in [-0.05, 0) is 36.6 Å². The Morgan fingerprint density at radius 3 is 2.31 bits per heavy atom. The van der Waals surface area contributed by atoms with E-state index in [9.17, 15) is 9.59 Å². The summed E-state index contributed by atoms with van der Waals surface area (Å²) in [5, 5.41) is 0. The summed E-state index contributed by atoms with van der Waals surface area (Å²) in [4.78, 5) is 25.2. The van der Waals surface area contributed by atoms with Crippen molar-refractivity contribution >= 4 is 11.9 Å². The molecule has 0 fully saturated rings. The van der Waals surface area contributed by atoms with Gasteiger partial charge in [0, 0.05) is 6.07 Å². The van der Waals surface area contributed by atoms with Crippen molar-refractivity contribution in [2.24, 2.45) is 5.92 Å². The van der Waals surface area contributed by atoms with Crippen LogP contribution in [0.4, 0.5) is 0 Å². The lowest BCUT2D eigenvalue weighted by atomic mass is 10.1. The van der Waals surface area contributed by atoms with Crippen molar-refractivity contribution in [3.8, 4) is 11.5 Å². The molecular weight excluding hydrogens is 404 g/mol. The molecule has 1 atom stereocenters. The van der Waals surface area contributed by atoms with E-state index in [0.717, 1.165) is 19.3 Å². The van der Waals surface area contributed by atoms with E-state index in [0.29, 0.717) is 24.5 Å². The number of rotatable bonds is 14. The molecule has 2 rings (SSSR count). The molecule has 5 nitrogen and oxygen atoms in total. The van der Waals surface area contributed by atoms with Gasteiger partial charge in [0.25, 0.3) is 0 Å². The smallest absolute Gasteiger partial charge is 0.343 e. The van der Waals surface area contributed by atoms with E-state index in [1.54, 1.807) is 42.5 Å². The molecule has 2 aromatic carbocycles. The molecule has 0 aliphatic rings. The van der Waals surface area contributed by atoms with Crippen molar-refractivity contribution in [1.29, 1.82) is 0 Å². The average molecular weight is 441 g/mol. The molecule has 0 radical (unpaired) electrons. The quantitative estimate of drug-likeness (QED) is 0.183. The SMILES string of the molecule is CCCCCCCCOc1ccc(C(=O)OCC(C)CC)c(OC(=O)c2ccccc2)c1. The monoisotopic (exact) mass is 440 g/mol. The molecule has 1 unspecified atom stereocenters. The number of carbonyl (C=O) groups excluding carboxylic acids is 2. The first-order chi connectivity index (χ1) is 15.5. The topological polar surface area (TPSA) is 61.8 Å². The molecule has 0 spiro atoms. The second kappa shape index (κ2) is 14.3. The third-order valence-corrected chi connectivity index (χ3v) is 5.35. The van der Waals surface area contributed by atoms with Crippen LogP contribution in [0.3, 0.4) is 0 Å². The molecule has 32 heavy (non-hydrogen) atoms. The van der Waals surface area contributed by atoms with Gasteiger partial charge in [-0.1, -0.05) is 77.5 Å². The van der Waals surface area contributed by atoms with Crippen LogP contribution in [0.1, 0.15) is 86.4 Å². The Morgan fingerprint density at radius 2 is 1.59 bits per heavy atom. The van der Waals surface area contributed by atoms with Crippen molar-refractivity contribution < 1.29 is 23.8 Å². The van der Waals surface area contributed by atoms with Crippen LogP contribution in [-0.2, 0) is 4.74 Å².